The van der Waals surface area contributed by atoms with Crippen LogP contribution in [0, 0.1) is 0 Å². The summed E-state index contributed by atoms with van der Waals surface area (Å²) in [5.41, 5.74) is 0.946. The Hall–Kier alpha value is -0.900. The van der Waals surface area contributed by atoms with Gasteiger partial charge in [0, 0.05) is 48.5 Å². The summed E-state index contributed by atoms with van der Waals surface area (Å²) in [6.07, 6.45) is 4.27. The van der Waals surface area contributed by atoms with Crippen LogP contribution in [0.5, 0.6) is 0 Å². The summed E-state index contributed by atoms with van der Waals surface area (Å²) in [5.74, 6) is 2.50. The summed E-state index contributed by atoms with van der Waals surface area (Å²) in [7, 11) is 3.27. The van der Waals surface area contributed by atoms with E-state index >= 15 is 0 Å². The maximum absolute atomic E-state index is 12.1. The Balaban J connectivity index is 0.00000364. The van der Waals surface area contributed by atoms with Gasteiger partial charge in [-0.05, 0) is 38.3 Å². The smallest absolute Gasteiger partial charge is 0.191 e. The fraction of sp³-hybridized carbons (Fsp3) is 0.684. The molecule has 1 aromatic rings. The van der Waals surface area contributed by atoms with Gasteiger partial charge in [0.15, 0.2) is 5.96 Å². The molecule has 0 radical (unpaired) electrons. The molecular formula is C19H34IN5OS. The summed E-state index contributed by atoms with van der Waals surface area (Å²) in [6.45, 7) is 5.42. The lowest BCUT2D eigenvalue weighted by molar-refractivity contribution is 0.413. The van der Waals surface area contributed by atoms with Crippen molar-refractivity contribution in [2.24, 2.45) is 4.99 Å². The summed E-state index contributed by atoms with van der Waals surface area (Å²) >= 11 is 0. The van der Waals surface area contributed by atoms with E-state index in [0.717, 1.165) is 55.5 Å². The minimum absolute atomic E-state index is 0. The molecule has 6 nitrogen and oxygen atoms in total. The Kier molecular flexibility index (Phi) is 11.2. The zero-order valence-corrected chi connectivity index (χ0v) is 20.0. The fourth-order valence-electron chi connectivity index (χ4n) is 3.23. The molecule has 3 unspecified atom stereocenters. The molecule has 0 bridgehead atoms. The van der Waals surface area contributed by atoms with Crippen molar-refractivity contribution in [1.29, 1.82) is 0 Å². The number of hydrogen-bond acceptors (Lipinski definition) is 4. The van der Waals surface area contributed by atoms with Crippen LogP contribution in [0.1, 0.15) is 45.2 Å². The lowest BCUT2D eigenvalue weighted by Crippen LogP contribution is -2.46. The Morgan fingerprint density at radius 2 is 2.11 bits per heavy atom. The molecule has 1 aliphatic rings. The Morgan fingerprint density at radius 3 is 2.78 bits per heavy atom. The van der Waals surface area contributed by atoms with Gasteiger partial charge < -0.3 is 15.5 Å². The van der Waals surface area contributed by atoms with Crippen LogP contribution in [-0.2, 0) is 17.3 Å². The minimum Gasteiger partial charge on any atom is -0.363 e. The molecule has 1 fully saturated rings. The van der Waals surface area contributed by atoms with Crippen LogP contribution in [-0.4, -0.2) is 52.8 Å². The second kappa shape index (κ2) is 12.5. The van der Waals surface area contributed by atoms with Crippen molar-refractivity contribution in [3.8, 4) is 0 Å². The van der Waals surface area contributed by atoms with Crippen LogP contribution in [0.4, 0.5) is 5.82 Å². The van der Waals surface area contributed by atoms with Crippen LogP contribution in [0.15, 0.2) is 23.2 Å². The predicted molar refractivity (Wildman–Crippen MR) is 127 cm³/mol. The first-order valence-electron chi connectivity index (χ1n) is 9.58. The number of hydrogen-bond donors (Lipinski definition) is 2. The van der Waals surface area contributed by atoms with E-state index in [2.05, 4.69) is 22.5 Å². The number of nitrogens with zero attached hydrogens (tertiary/aromatic N) is 3. The van der Waals surface area contributed by atoms with Crippen LogP contribution in [0.25, 0.3) is 0 Å². The predicted octanol–water partition coefficient (Wildman–Crippen LogP) is 2.90. The van der Waals surface area contributed by atoms with E-state index in [0.29, 0.717) is 17.8 Å². The monoisotopic (exact) mass is 507 g/mol. The minimum atomic E-state index is -0.708. The second-order valence-corrected chi connectivity index (χ2v) is 8.88. The fourth-order valence-corrected chi connectivity index (χ4v) is 4.58. The van der Waals surface area contributed by atoms with E-state index in [-0.39, 0.29) is 24.0 Å². The lowest BCUT2D eigenvalue weighted by atomic mass is 9.95. The van der Waals surface area contributed by atoms with Gasteiger partial charge in [-0.1, -0.05) is 19.4 Å². The molecule has 3 atom stereocenters. The number of nitrogens with one attached hydrogen (secondary N) is 2. The molecular weight excluding hydrogens is 473 g/mol. The van der Waals surface area contributed by atoms with E-state index in [1.54, 1.807) is 0 Å². The zero-order valence-electron chi connectivity index (χ0n) is 16.9. The molecule has 0 aromatic carbocycles. The third kappa shape index (κ3) is 7.93. The summed E-state index contributed by atoms with van der Waals surface area (Å²) < 4.78 is 12.1. The SMILES string of the molecule is CCNC(=NCc1cccc(N(C)C)n1)NC1CCCC(S(=O)CC)C1.I. The number of rotatable bonds is 7. The van der Waals surface area contributed by atoms with Crippen molar-refractivity contribution in [1.82, 2.24) is 15.6 Å². The van der Waals surface area contributed by atoms with Gasteiger partial charge >= 0.3 is 0 Å². The van der Waals surface area contributed by atoms with Crippen LogP contribution >= 0.6 is 24.0 Å². The number of anilines is 1. The molecule has 1 saturated carbocycles. The van der Waals surface area contributed by atoms with Gasteiger partial charge in [0.2, 0.25) is 0 Å². The van der Waals surface area contributed by atoms with E-state index in [1.807, 2.05) is 44.1 Å². The Morgan fingerprint density at radius 1 is 1.33 bits per heavy atom. The quantitative estimate of drug-likeness (QED) is 0.338. The standard InChI is InChI=1S/C19H33N5OS.HI/c1-5-20-19(21-14-16-10-8-12-18(22-16)24(3)4)23-15-9-7-11-17(13-15)26(25)6-2;/h8,10,12,15,17H,5-7,9,11,13-14H2,1-4H3,(H2,20,21,23);1H. The normalized spacial score (nSPS) is 21.1. The Bertz CT molecular complexity index is 626. The molecule has 2 N–H and O–H groups in total. The van der Waals surface area contributed by atoms with Crippen molar-refractivity contribution in [2.75, 3.05) is 31.3 Å². The molecule has 1 aromatic heterocycles. The number of guanidine groups is 1. The molecule has 0 spiro atoms. The van der Waals surface area contributed by atoms with Gasteiger partial charge in [-0.15, -0.1) is 24.0 Å². The first-order chi connectivity index (χ1) is 12.5. The van der Waals surface area contributed by atoms with E-state index in [1.165, 1.54) is 0 Å². The number of pyridine rings is 1. The molecule has 27 heavy (non-hydrogen) atoms. The van der Waals surface area contributed by atoms with Gasteiger partial charge in [0.25, 0.3) is 0 Å². The molecule has 2 rings (SSSR count). The molecule has 0 amide bonds. The van der Waals surface area contributed by atoms with Gasteiger partial charge in [0.05, 0.1) is 12.2 Å². The van der Waals surface area contributed by atoms with Crippen LogP contribution in [0.3, 0.4) is 0 Å². The average Bonchev–Trinajstić information content (AvgIpc) is 2.66. The van der Waals surface area contributed by atoms with E-state index in [9.17, 15) is 4.21 Å². The zero-order chi connectivity index (χ0) is 18.9. The summed E-state index contributed by atoms with van der Waals surface area (Å²) in [5, 5.41) is 7.17. The van der Waals surface area contributed by atoms with Crippen molar-refractivity contribution >= 4 is 46.6 Å². The highest BCUT2D eigenvalue weighted by molar-refractivity contribution is 14.0. The molecule has 1 heterocycles. The van der Waals surface area contributed by atoms with Crippen LogP contribution < -0.4 is 15.5 Å². The highest BCUT2D eigenvalue weighted by Crippen LogP contribution is 2.23. The first-order valence-corrected chi connectivity index (χ1v) is 11.0. The van der Waals surface area contributed by atoms with Crippen molar-refractivity contribution in [3.63, 3.8) is 0 Å². The second-order valence-electron chi connectivity index (χ2n) is 6.88. The van der Waals surface area contributed by atoms with Crippen molar-refractivity contribution in [2.45, 2.75) is 57.4 Å². The highest BCUT2D eigenvalue weighted by atomic mass is 127. The van der Waals surface area contributed by atoms with Crippen LogP contribution in [0.2, 0.25) is 0 Å². The van der Waals surface area contributed by atoms with Crippen molar-refractivity contribution < 1.29 is 4.21 Å². The molecule has 8 heteroatoms. The topological polar surface area (TPSA) is 69.6 Å². The number of halogens is 1. The first kappa shape index (κ1) is 24.1. The van der Waals surface area contributed by atoms with E-state index in [4.69, 9.17) is 4.99 Å². The molecule has 0 aliphatic heterocycles. The average molecular weight is 507 g/mol. The highest BCUT2D eigenvalue weighted by Gasteiger charge is 2.26. The van der Waals surface area contributed by atoms with Crippen molar-refractivity contribution in [3.05, 3.63) is 23.9 Å². The summed E-state index contributed by atoms with van der Waals surface area (Å²) in [4.78, 5) is 11.3. The lowest BCUT2D eigenvalue weighted by Gasteiger charge is -2.30. The Labute approximate surface area is 183 Å². The number of aliphatic imine (C=N–C) groups is 1. The third-order valence-corrected chi connectivity index (χ3v) is 6.36. The maximum Gasteiger partial charge on any atom is 0.191 e. The largest absolute Gasteiger partial charge is 0.363 e. The molecule has 154 valence electrons. The van der Waals surface area contributed by atoms with Gasteiger partial charge in [-0.3, -0.25) is 4.21 Å². The van der Waals surface area contributed by atoms with E-state index < -0.39 is 10.8 Å². The number of aromatic nitrogens is 1. The maximum atomic E-state index is 12.1. The molecule has 0 saturated heterocycles. The van der Waals surface area contributed by atoms with Gasteiger partial charge in [-0.25, -0.2) is 9.98 Å². The third-order valence-electron chi connectivity index (χ3n) is 4.62. The van der Waals surface area contributed by atoms with Gasteiger partial charge in [0.1, 0.15) is 5.82 Å². The van der Waals surface area contributed by atoms with Gasteiger partial charge in [-0.2, -0.15) is 0 Å². The molecule has 1 aliphatic carbocycles. The summed E-state index contributed by atoms with van der Waals surface area (Å²) in [6, 6.07) is 6.34.